The largest absolute Gasteiger partial charge is 0.461 e. The number of rotatable bonds is 4. The first-order valence-electron chi connectivity index (χ1n) is 10.1. The predicted molar refractivity (Wildman–Crippen MR) is 106 cm³/mol. The van der Waals surface area contributed by atoms with E-state index in [0.29, 0.717) is 24.4 Å². The van der Waals surface area contributed by atoms with E-state index < -0.39 is 0 Å². The SMILES string of the molecule is CCOC(=O)c1nnc2ccccc2c1N1CCC(N2CCCC2C)CC1. The highest BCUT2D eigenvalue weighted by Gasteiger charge is 2.32. The number of aromatic nitrogens is 2. The van der Waals surface area contributed by atoms with Crippen LogP contribution in [0.25, 0.3) is 10.9 Å². The number of hydrogen-bond acceptors (Lipinski definition) is 6. The van der Waals surface area contributed by atoms with Gasteiger partial charge in [-0.2, -0.15) is 0 Å². The number of esters is 1. The van der Waals surface area contributed by atoms with Gasteiger partial charge < -0.3 is 9.64 Å². The zero-order chi connectivity index (χ0) is 18.8. The molecule has 2 aliphatic heterocycles. The van der Waals surface area contributed by atoms with Gasteiger partial charge in [0.05, 0.1) is 17.8 Å². The summed E-state index contributed by atoms with van der Waals surface area (Å²) in [6.07, 6.45) is 4.85. The van der Waals surface area contributed by atoms with E-state index in [1.54, 1.807) is 0 Å². The number of nitrogens with zero attached hydrogens (tertiary/aromatic N) is 4. The summed E-state index contributed by atoms with van der Waals surface area (Å²) in [5, 5.41) is 9.45. The average Bonchev–Trinajstić information content (AvgIpc) is 3.13. The molecule has 2 fully saturated rings. The van der Waals surface area contributed by atoms with Crippen molar-refractivity contribution in [3.8, 4) is 0 Å². The second-order valence-electron chi connectivity index (χ2n) is 7.58. The zero-order valence-corrected chi connectivity index (χ0v) is 16.2. The van der Waals surface area contributed by atoms with Gasteiger partial charge in [-0.15, -0.1) is 10.2 Å². The number of anilines is 1. The fourth-order valence-electron chi connectivity index (χ4n) is 4.62. The first-order chi connectivity index (χ1) is 13.2. The first kappa shape index (κ1) is 18.2. The second-order valence-corrected chi connectivity index (χ2v) is 7.58. The Hall–Kier alpha value is -2.21. The van der Waals surface area contributed by atoms with Crippen molar-refractivity contribution in [2.24, 2.45) is 0 Å². The molecule has 1 aromatic heterocycles. The van der Waals surface area contributed by atoms with Crippen LogP contribution >= 0.6 is 0 Å². The third-order valence-corrected chi connectivity index (χ3v) is 5.96. The van der Waals surface area contributed by atoms with Crippen molar-refractivity contribution >= 4 is 22.6 Å². The van der Waals surface area contributed by atoms with E-state index in [0.717, 1.165) is 42.5 Å². The summed E-state index contributed by atoms with van der Waals surface area (Å²) in [5.41, 5.74) is 2.03. The number of carbonyl (C=O) groups is 1. The van der Waals surface area contributed by atoms with Crippen LogP contribution in [0, 0.1) is 0 Å². The van der Waals surface area contributed by atoms with Gasteiger partial charge >= 0.3 is 5.97 Å². The van der Waals surface area contributed by atoms with E-state index >= 15 is 0 Å². The number of fused-ring (bicyclic) bond motifs is 1. The van der Waals surface area contributed by atoms with Crippen molar-refractivity contribution in [2.45, 2.75) is 51.6 Å². The number of benzene rings is 1. The number of likely N-dealkylation sites (tertiary alicyclic amines) is 1. The summed E-state index contributed by atoms with van der Waals surface area (Å²) < 4.78 is 5.25. The molecule has 0 spiro atoms. The molecule has 0 radical (unpaired) electrons. The van der Waals surface area contributed by atoms with Crippen molar-refractivity contribution in [3.05, 3.63) is 30.0 Å². The molecule has 0 bridgehead atoms. The standard InChI is InChI=1S/C21H28N4O2/c1-3-27-21(26)19-20(17-8-4-5-9-18(17)22-23-19)24-13-10-16(11-14-24)25-12-6-7-15(25)2/h4-5,8-9,15-16H,3,6-7,10-14H2,1-2H3. The summed E-state index contributed by atoms with van der Waals surface area (Å²) >= 11 is 0. The molecule has 6 nitrogen and oxygen atoms in total. The minimum Gasteiger partial charge on any atom is -0.461 e. The minimum absolute atomic E-state index is 0.335. The van der Waals surface area contributed by atoms with Crippen LogP contribution in [0.2, 0.25) is 0 Å². The molecule has 0 amide bonds. The Bertz CT molecular complexity index is 817. The Morgan fingerprint density at radius 1 is 1.15 bits per heavy atom. The molecular weight excluding hydrogens is 340 g/mol. The lowest BCUT2D eigenvalue weighted by molar-refractivity contribution is 0.0519. The summed E-state index contributed by atoms with van der Waals surface area (Å²) in [7, 11) is 0. The van der Waals surface area contributed by atoms with E-state index in [1.807, 2.05) is 31.2 Å². The summed E-state index contributed by atoms with van der Waals surface area (Å²) in [4.78, 5) is 17.5. The van der Waals surface area contributed by atoms with Gasteiger partial charge in [0.1, 0.15) is 0 Å². The highest BCUT2D eigenvalue weighted by molar-refractivity contribution is 6.03. The van der Waals surface area contributed by atoms with E-state index in [4.69, 9.17) is 4.74 Å². The van der Waals surface area contributed by atoms with Crippen LogP contribution < -0.4 is 4.90 Å². The van der Waals surface area contributed by atoms with Gasteiger partial charge in [-0.3, -0.25) is 4.90 Å². The molecule has 1 atom stereocenters. The van der Waals surface area contributed by atoms with Crippen LogP contribution in [-0.2, 0) is 4.74 Å². The molecule has 2 saturated heterocycles. The third kappa shape index (κ3) is 3.50. The summed E-state index contributed by atoms with van der Waals surface area (Å²) in [6.45, 7) is 7.57. The molecule has 0 N–H and O–H groups in total. The number of piperidine rings is 1. The molecule has 2 aromatic rings. The predicted octanol–water partition coefficient (Wildman–Crippen LogP) is 3.26. The lowest BCUT2D eigenvalue weighted by Gasteiger charge is -2.40. The number of hydrogen-bond donors (Lipinski definition) is 0. The van der Waals surface area contributed by atoms with Crippen molar-refractivity contribution in [1.82, 2.24) is 15.1 Å². The fraction of sp³-hybridized carbons (Fsp3) is 0.571. The molecule has 27 heavy (non-hydrogen) atoms. The normalized spacial score (nSPS) is 21.7. The molecule has 6 heteroatoms. The van der Waals surface area contributed by atoms with Crippen molar-refractivity contribution in [2.75, 3.05) is 31.1 Å². The summed E-state index contributed by atoms with van der Waals surface area (Å²) in [5.74, 6) is -0.388. The molecular formula is C21H28N4O2. The number of ether oxygens (including phenoxy) is 1. The third-order valence-electron chi connectivity index (χ3n) is 5.96. The monoisotopic (exact) mass is 368 g/mol. The van der Waals surface area contributed by atoms with Crippen LogP contribution in [0.4, 0.5) is 5.69 Å². The van der Waals surface area contributed by atoms with Gasteiger partial charge in [0.25, 0.3) is 0 Å². The lowest BCUT2D eigenvalue weighted by Crippen LogP contribution is -2.46. The van der Waals surface area contributed by atoms with Crippen LogP contribution in [-0.4, -0.2) is 59.4 Å². The van der Waals surface area contributed by atoms with E-state index in [9.17, 15) is 4.79 Å². The average molecular weight is 368 g/mol. The Labute approximate surface area is 160 Å². The topological polar surface area (TPSA) is 58.6 Å². The Morgan fingerprint density at radius 3 is 2.63 bits per heavy atom. The van der Waals surface area contributed by atoms with Crippen molar-refractivity contribution in [3.63, 3.8) is 0 Å². The quantitative estimate of drug-likeness (QED) is 0.772. The van der Waals surface area contributed by atoms with Gasteiger partial charge in [-0.1, -0.05) is 18.2 Å². The highest BCUT2D eigenvalue weighted by Crippen LogP contribution is 2.33. The molecule has 0 saturated carbocycles. The van der Waals surface area contributed by atoms with Gasteiger partial charge in [-0.05, 0) is 52.1 Å². The number of carbonyl (C=O) groups excluding carboxylic acids is 1. The molecule has 2 aliphatic rings. The maximum Gasteiger partial charge on any atom is 0.361 e. The van der Waals surface area contributed by atoms with E-state index in [1.165, 1.54) is 19.4 Å². The van der Waals surface area contributed by atoms with Gasteiger partial charge in [-0.25, -0.2) is 4.79 Å². The summed E-state index contributed by atoms with van der Waals surface area (Å²) in [6, 6.07) is 9.24. The maximum atomic E-state index is 12.5. The Balaban J connectivity index is 1.62. The van der Waals surface area contributed by atoms with Gasteiger partial charge in [0.15, 0.2) is 5.69 Å². The molecule has 0 aliphatic carbocycles. The van der Waals surface area contributed by atoms with Crippen molar-refractivity contribution in [1.29, 1.82) is 0 Å². The van der Waals surface area contributed by atoms with E-state index in [2.05, 4.69) is 26.9 Å². The molecule has 3 heterocycles. The fourth-order valence-corrected chi connectivity index (χ4v) is 4.62. The Morgan fingerprint density at radius 2 is 1.93 bits per heavy atom. The van der Waals surface area contributed by atoms with E-state index in [-0.39, 0.29) is 5.97 Å². The lowest BCUT2D eigenvalue weighted by atomic mass is 10.0. The van der Waals surface area contributed by atoms with Crippen LogP contribution in [0.3, 0.4) is 0 Å². The van der Waals surface area contributed by atoms with Crippen LogP contribution in [0.15, 0.2) is 24.3 Å². The smallest absolute Gasteiger partial charge is 0.361 e. The van der Waals surface area contributed by atoms with Crippen LogP contribution in [0.1, 0.15) is 50.0 Å². The van der Waals surface area contributed by atoms with Gasteiger partial charge in [0, 0.05) is 30.6 Å². The Kier molecular flexibility index (Phi) is 5.25. The van der Waals surface area contributed by atoms with Crippen LogP contribution in [0.5, 0.6) is 0 Å². The highest BCUT2D eigenvalue weighted by atomic mass is 16.5. The van der Waals surface area contributed by atoms with Gasteiger partial charge in [0.2, 0.25) is 0 Å². The molecule has 1 unspecified atom stereocenters. The molecule has 144 valence electrons. The molecule has 4 rings (SSSR count). The molecule has 1 aromatic carbocycles. The maximum absolute atomic E-state index is 12.5. The van der Waals surface area contributed by atoms with Crippen molar-refractivity contribution < 1.29 is 9.53 Å². The first-order valence-corrected chi connectivity index (χ1v) is 10.1. The zero-order valence-electron chi connectivity index (χ0n) is 16.2. The minimum atomic E-state index is -0.388. The second kappa shape index (κ2) is 7.80.